The van der Waals surface area contributed by atoms with E-state index < -0.39 is 11.9 Å². The Morgan fingerprint density at radius 3 is 1.89 bits per heavy atom. The Morgan fingerprint density at radius 2 is 1.37 bits per heavy atom. The third kappa shape index (κ3) is 11.7. The van der Waals surface area contributed by atoms with E-state index in [1.807, 2.05) is 0 Å². The normalized spacial score (nSPS) is 12.3. The van der Waals surface area contributed by atoms with Crippen LogP contribution in [0.5, 0.6) is 0 Å². The zero-order chi connectivity index (χ0) is 14.5. The Labute approximate surface area is 116 Å². The third-order valence-corrected chi connectivity index (χ3v) is 3.45. The van der Waals surface area contributed by atoms with Crippen molar-refractivity contribution >= 4 is 11.9 Å². The second kappa shape index (κ2) is 12.0. The first-order chi connectivity index (χ1) is 9.07. The van der Waals surface area contributed by atoms with Crippen LogP contribution in [0.25, 0.3) is 0 Å². The summed E-state index contributed by atoms with van der Waals surface area (Å²) in [5, 5.41) is 17.6. The standard InChI is InChI=1S/C15H28O4/c1-2-3-7-10-13(15(18)19)11-8-5-4-6-9-12-14(16)17/h13H,2-12H2,1H3,(H,16,17)(H,18,19). The van der Waals surface area contributed by atoms with Crippen molar-refractivity contribution in [3.8, 4) is 0 Å². The van der Waals surface area contributed by atoms with Crippen molar-refractivity contribution in [3.63, 3.8) is 0 Å². The highest BCUT2D eigenvalue weighted by Gasteiger charge is 2.15. The Bertz CT molecular complexity index is 251. The summed E-state index contributed by atoms with van der Waals surface area (Å²) in [6.07, 6.45) is 9.66. The zero-order valence-electron chi connectivity index (χ0n) is 12.1. The van der Waals surface area contributed by atoms with Gasteiger partial charge in [0.15, 0.2) is 0 Å². The molecule has 2 N–H and O–H groups in total. The molecule has 0 radical (unpaired) electrons. The molecule has 19 heavy (non-hydrogen) atoms. The van der Waals surface area contributed by atoms with E-state index >= 15 is 0 Å². The van der Waals surface area contributed by atoms with Gasteiger partial charge in [-0.05, 0) is 19.3 Å². The number of hydrogen-bond acceptors (Lipinski definition) is 2. The van der Waals surface area contributed by atoms with Gasteiger partial charge in [-0.15, -0.1) is 0 Å². The van der Waals surface area contributed by atoms with E-state index in [0.717, 1.165) is 64.2 Å². The lowest BCUT2D eigenvalue weighted by Crippen LogP contribution is -2.13. The molecule has 0 heterocycles. The lowest BCUT2D eigenvalue weighted by molar-refractivity contribution is -0.142. The summed E-state index contributed by atoms with van der Waals surface area (Å²) in [6, 6.07) is 0. The van der Waals surface area contributed by atoms with Crippen molar-refractivity contribution in [2.24, 2.45) is 5.92 Å². The molecule has 0 fully saturated rings. The van der Waals surface area contributed by atoms with Crippen LogP contribution in [-0.4, -0.2) is 22.2 Å². The molecule has 0 aliphatic carbocycles. The molecule has 0 aromatic rings. The highest BCUT2D eigenvalue weighted by Crippen LogP contribution is 2.18. The van der Waals surface area contributed by atoms with E-state index in [9.17, 15) is 9.59 Å². The first-order valence-corrected chi connectivity index (χ1v) is 7.52. The number of carbonyl (C=O) groups is 2. The van der Waals surface area contributed by atoms with E-state index in [0.29, 0.717) is 0 Å². The maximum Gasteiger partial charge on any atom is 0.306 e. The zero-order valence-corrected chi connectivity index (χ0v) is 12.1. The maximum atomic E-state index is 11.1. The van der Waals surface area contributed by atoms with Gasteiger partial charge >= 0.3 is 11.9 Å². The van der Waals surface area contributed by atoms with Gasteiger partial charge in [0.2, 0.25) is 0 Å². The molecular weight excluding hydrogens is 244 g/mol. The molecule has 1 unspecified atom stereocenters. The summed E-state index contributed by atoms with van der Waals surface area (Å²) >= 11 is 0. The molecule has 0 aromatic heterocycles. The third-order valence-electron chi connectivity index (χ3n) is 3.45. The van der Waals surface area contributed by atoms with Crippen LogP contribution in [0.3, 0.4) is 0 Å². The van der Waals surface area contributed by atoms with Crippen molar-refractivity contribution in [2.75, 3.05) is 0 Å². The largest absolute Gasteiger partial charge is 0.481 e. The number of aliphatic carboxylic acids is 2. The number of carboxylic acids is 2. The van der Waals surface area contributed by atoms with E-state index in [-0.39, 0.29) is 12.3 Å². The van der Waals surface area contributed by atoms with Crippen LogP contribution in [0.1, 0.15) is 77.6 Å². The van der Waals surface area contributed by atoms with Gasteiger partial charge in [0.05, 0.1) is 5.92 Å². The number of hydrogen-bond donors (Lipinski definition) is 2. The Balaban J connectivity index is 3.53. The van der Waals surface area contributed by atoms with Crippen LogP contribution in [0.15, 0.2) is 0 Å². The van der Waals surface area contributed by atoms with Gasteiger partial charge < -0.3 is 10.2 Å². The van der Waals surface area contributed by atoms with Crippen LogP contribution in [0.4, 0.5) is 0 Å². The van der Waals surface area contributed by atoms with Gasteiger partial charge in [0.1, 0.15) is 0 Å². The Hall–Kier alpha value is -1.06. The average molecular weight is 272 g/mol. The molecule has 0 bridgehead atoms. The fourth-order valence-corrected chi connectivity index (χ4v) is 2.23. The smallest absolute Gasteiger partial charge is 0.306 e. The van der Waals surface area contributed by atoms with E-state index in [4.69, 9.17) is 10.2 Å². The van der Waals surface area contributed by atoms with Gasteiger partial charge in [0.25, 0.3) is 0 Å². The van der Waals surface area contributed by atoms with Crippen LogP contribution < -0.4 is 0 Å². The maximum absolute atomic E-state index is 11.1. The molecule has 0 saturated carbocycles. The lowest BCUT2D eigenvalue weighted by Gasteiger charge is -2.11. The molecule has 112 valence electrons. The van der Waals surface area contributed by atoms with Gasteiger partial charge in [-0.25, -0.2) is 0 Å². The molecule has 4 nitrogen and oxygen atoms in total. The molecule has 0 aliphatic heterocycles. The second-order valence-corrected chi connectivity index (χ2v) is 5.23. The first-order valence-electron chi connectivity index (χ1n) is 7.52. The molecule has 0 aliphatic rings. The summed E-state index contributed by atoms with van der Waals surface area (Å²) in [4.78, 5) is 21.4. The van der Waals surface area contributed by atoms with Crippen molar-refractivity contribution < 1.29 is 19.8 Å². The Kier molecular flexibility index (Phi) is 11.3. The molecule has 0 saturated heterocycles. The number of rotatable bonds is 13. The predicted molar refractivity (Wildman–Crippen MR) is 75.2 cm³/mol. The molecular formula is C15H28O4. The SMILES string of the molecule is CCCCCC(CCCCCCCC(=O)O)C(=O)O. The summed E-state index contributed by atoms with van der Waals surface area (Å²) in [5.41, 5.74) is 0. The van der Waals surface area contributed by atoms with E-state index in [2.05, 4.69) is 6.92 Å². The Morgan fingerprint density at radius 1 is 0.842 bits per heavy atom. The topological polar surface area (TPSA) is 74.6 Å². The second-order valence-electron chi connectivity index (χ2n) is 5.23. The van der Waals surface area contributed by atoms with Crippen molar-refractivity contribution in [3.05, 3.63) is 0 Å². The summed E-state index contributed by atoms with van der Waals surface area (Å²) in [5.74, 6) is -1.59. The molecule has 0 spiro atoms. The molecule has 0 aromatic carbocycles. The van der Waals surface area contributed by atoms with Crippen LogP contribution in [0.2, 0.25) is 0 Å². The van der Waals surface area contributed by atoms with Crippen molar-refractivity contribution in [1.82, 2.24) is 0 Å². The fourth-order valence-electron chi connectivity index (χ4n) is 2.23. The summed E-state index contributed by atoms with van der Waals surface area (Å²) in [6.45, 7) is 2.12. The predicted octanol–water partition coefficient (Wildman–Crippen LogP) is 4.08. The van der Waals surface area contributed by atoms with Gasteiger partial charge in [-0.1, -0.05) is 51.9 Å². The minimum atomic E-state index is -0.734. The van der Waals surface area contributed by atoms with E-state index in [1.165, 1.54) is 0 Å². The highest BCUT2D eigenvalue weighted by molar-refractivity contribution is 5.69. The molecule has 4 heteroatoms. The van der Waals surface area contributed by atoms with Crippen LogP contribution in [0, 0.1) is 5.92 Å². The van der Waals surface area contributed by atoms with Crippen LogP contribution >= 0.6 is 0 Å². The highest BCUT2D eigenvalue weighted by atomic mass is 16.4. The lowest BCUT2D eigenvalue weighted by atomic mass is 9.95. The minimum absolute atomic E-state index is 0.189. The van der Waals surface area contributed by atoms with Gasteiger partial charge in [-0.2, -0.15) is 0 Å². The minimum Gasteiger partial charge on any atom is -0.481 e. The number of unbranched alkanes of at least 4 members (excludes halogenated alkanes) is 6. The summed E-state index contributed by atoms with van der Waals surface area (Å²) in [7, 11) is 0. The van der Waals surface area contributed by atoms with Crippen LogP contribution in [-0.2, 0) is 9.59 Å². The fraction of sp³-hybridized carbons (Fsp3) is 0.867. The molecule has 1 atom stereocenters. The van der Waals surface area contributed by atoms with E-state index in [1.54, 1.807) is 0 Å². The first kappa shape index (κ1) is 17.9. The summed E-state index contributed by atoms with van der Waals surface area (Å²) < 4.78 is 0. The molecule has 0 amide bonds. The quantitative estimate of drug-likeness (QED) is 0.495. The van der Waals surface area contributed by atoms with Gasteiger partial charge in [-0.3, -0.25) is 9.59 Å². The van der Waals surface area contributed by atoms with Gasteiger partial charge in [0, 0.05) is 6.42 Å². The average Bonchev–Trinajstić information content (AvgIpc) is 2.34. The monoisotopic (exact) mass is 272 g/mol. The van der Waals surface area contributed by atoms with Crippen molar-refractivity contribution in [1.29, 1.82) is 0 Å². The molecule has 0 rings (SSSR count). The number of carboxylic acid groups (broad SMARTS) is 2. The van der Waals surface area contributed by atoms with Crippen molar-refractivity contribution in [2.45, 2.75) is 77.6 Å².